The molecule has 0 unspecified atom stereocenters. The van der Waals surface area contributed by atoms with Gasteiger partial charge in [-0.15, -0.1) is 0 Å². The first-order valence-electron chi connectivity index (χ1n) is 5.95. The van der Waals surface area contributed by atoms with Gasteiger partial charge in [0.25, 0.3) is 0 Å². The van der Waals surface area contributed by atoms with Crippen molar-refractivity contribution in [2.24, 2.45) is 0 Å². The highest BCUT2D eigenvalue weighted by atomic mass is 35.5. The molecule has 1 aliphatic carbocycles. The molecular formula is C13H11ClN2O3. The molecule has 5 nitrogen and oxygen atoms in total. The second kappa shape index (κ2) is 4.35. The van der Waals surface area contributed by atoms with Crippen molar-refractivity contribution in [3.63, 3.8) is 0 Å². The number of benzene rings is 1. The Labute approximate surface area is 114 Å². The second-order valence-electron chi connectivity index (χ2n) is 4.67. The Morgan fingerprint density at radius 1 is 1.32 bits per heavy atom. The average Bonchev–Trinajstić information content (AvgIpc) is 2.77. The largest absolute Gasteiger partial charge is 0.480 e. The number of carboxylic acids is 1. The van der Waals surface area contributed by atoms with Crippen LogP contribution in [0, 0.1) is 0 Å². The van der Waals surface area contributed by atoms with Gasteiger partial charge in [0.05, 0.1) is 0 Å². The maximum Gasteiger partial charge on any atom is 0.319 e. The number of aliphatic carboxylic acids is 1. The fourth-order valence-electron chi connectivity index (χ4n) is 2.18. The van der Waals surface area contributed by atoms with Crippen molar-refractivity contribution in [1.29, 1.82) is 0 Å². The van der Waals surface area contributed by atoms with Crippen LogP contribution in [0.15, 0.2) is 28.8 Å². The van der Waals surface area contributed by atoms with Gasteiger partial charge in [-0.05, 0) is 37.1 Å². The van der Waals surface area contributed by atoms with E-state index in [4.69, 9.17) is 16.1 Å². The molecule has 0 spiro atoms. The molecule has 1 saturated carbocycles. The maximum atomic E-state index is 11.3. The summed E-state index contributed by atoms with van der Waals surface area (Å²) in [6.45, 7) is 0. The highest BCUT2D eigenvalue weighted by Gasteiger charge is 2.50. The molecule has 1 heterocycles. The Balaban J connectivity index is 1.95. The topological polar surface area (TPSA) is 76.2 Å². The normalized spacial score (nSPS) is 16.9. The summed E-state index contributed by atoms with van der Waals surface area (Å²) in [6.07, 6.45) is 1.96. The molecule has 0 saturated heterocycles. The lowest BCUT2D eigenvalue weighted by molar-refractivity contribution is -0.148. The van der Waals surface area contributed by atoms with Gasteiger partial charge in [0.1, 0.15) is 5.41 Å². The summed E-state index contributed by atoms with van der Waals surface area (Å²) in [7, 11) is 0. The van der Waals surface area contributed by atoms with Gasteiger partial charge in [0, 0.05) is 10.6 Å². The number of hydrogen-bond acceptors (Lipinski definition) is 4. The summed E-state index contributed by atoms with van der Waals surface area (Å²) in [5, 5.41) is 13.8. The van der Waals surface area contributed by atoms with Crippen LogP contribution in [-0.4, -0.2) is 21.2 Å². The highest BCUT2D eigenvalue weighted by molar-refractivity contribution is 6.30. The zero-order valence-electron chi connectivity index (χ0n) is 9.97. The van der Waals surface area contributed by atoms with E-state index in [1.54, 1.807) is 24.3 Å². The zero-order chi connectivity index (χ0) is 13.5. The Kier molecular flexibility index (Phi) is 2.78. The van der Waals surface area contributed by atoms with Gasteiger partial charge in [-0.2, -0.15) is 4.98 Å². The van der Waals surface area contributed by atoms with Crippen LogP contribution in [0.2, 0.25) is 5.02 Å². The van der Waals surface area contributed by atoms with Crippen LogP contribution >= 0.6 is 11.6 Å². The minimum Gasteiger partial charge on any atom is -0.480 e. The molecule has 2 aromatic rings. The predicted molar refractivity (Wildman–Crippen MR) is 67.9 cm³/mol. The van der Waals surface area contributed by atoms with Crippen LogP contribution in [0.5, 0.6) is 0 Å². The van der Waals surface area contributed by atoms with Crippen LogP contribution in [0.4, 0.5) is 0 Å². The molecule has 0 aliphatic heterocycles. The summed E-state index contributed by atoms with van der Waals surface area (Å²) in [5.74, 6) is -0.319. The Morgan fingerprint density at radius 3 is 2.53 bits per heavy atom. The summed E-state index contributed by atoms with van der Waals surface area (Å²) < 4.78 is 5.14. The number of hydrogen-bond donors (Lipinski definition) is 1. The van der Waals surface area contributed by atoms with Crippen LogP contribution in [0.1, 0.15) is 25.2 Å². The molecule has 1 fully saturated rings. The average molecular weight is 279 g/mol. The number of aromatic nitrogens is 2. The molecule has 0 atom stereocenters. The van der Waals surface area contributed by atoms with Crippen molar-refractivity contribution in [3.05, 3.63) is 35.2 Å². The number of carbonyl (C=O) groups is 1. The third-order valence-corrected chi connectivity index (χ3v) is 3.81. The van der Waals surface area contributed by atoms with Crippen LogP contribution in [0.3, 0.4) is 0 Å². The maximum absolute atomic E-state index is 11.3. The SMILES string of the molecule is O=C(O)C1(c2nc(-c3ccc(Cl)cc3)no2)CCC1. The second-order valence-corrected chi connectivity index (χ2v) is 5.11. The molecule has 6 heteroatoms. The molecule has 1 aliphatic rings. The fraction of sp³-hybridized carbons (Fsp3) is 0.308. The van der Waals surface area contributed by atoms with Crippen molar-refractivity contribution in [3.8, 4) is 11.4 Å². The molecule has 1 aromatic carbocycles. The summed E-state index contributed by atoms with van der Waals surface area (Å²) in [6, 6.07) is 6.99. The molecular weight excluding hydrogens is 268 g/mol. The smallest absolute Gasteiger partial charge is 0.319 e. The van der Waals surface area contributed by atoms with Crippen molar-refractivity contribution in [1.82, 2.24) is 10.1 Å². The van der Waals surface area contributed by atoms with Crippen molar-refractivity contribution in [2.75, 3.05) is 0 Å². The standard InChI is InChI=1S/C13H11ClN2O3/c14-9-4-2-8(3-5-9)10-15-11(19-16-10)13(12(17)18)6-1-7-13/h2-5H,1,6-7H2,(H,17,18). The third kappa shape index (κ3) is 1.90. The van der Waals surface area contributed by atoms with Gasteiger partial charge >= 0.3 is 5.97 Å². The van der Waals surface area contributed by atoms with Gasteiger partial charge < -0.3 is 9.63 Å². The van der Waals surface area contributed by atoms with E-state index in [1.807, 2.05) is 0 Å². The summed E-state index contributed by atoms with van der Waals surface area (Å²) in [4.78, 5) is 15.6. The zero-order valence-corrected chi connectivity index (χ0v) is 10.7. The third-order valence-electron chi connectivity index (χ3n) is 3.55. The fourth-order valence-corrected chi connectivity index (χ4v) is 2.31. The van der Waals surface area contributed by atoms with E-state index < -0.39 is 11.4 Å². The minimum atomic E-state index is -0.988. The van der Waals surface area contributed by atoms with E-state index in [-0.39, 0.29) is 5.89 Å². The van der Waals surface area contributed by atoms with Gasteiger partial charge in [0.2, 0.25) is 11.7 Å². The monoisotopic (exact) mass is 278 g/mol. The Bertz CT molecular complexity index is 617. The van der Waals surface area contributed by atoms with E-state index in [0.717, 1.165) is 12.0 Å². The molecule has 1 aromatic heterocycles. The molecule has 0 radical (unpaired) electrons. The number of halogens is 1. The lowest BCUT2D eigenvalue weighted by Gasteiger charge is -2.33. The van der Waals surface area contributed by atoms with Gasteiger partial charge in [-0.1, -0.05) is 23.2 Å². The van der Waals surface area contributed by atoms with E-state index in [1.165, 1.54) is 0 Å². The van der Waals surface area contributed by atoms with E-state index in [9.17, 15) is 9.90 Å². The Morgan fingerprint density at radius 2 is 2.00 bits per heavy atom. The van der Waals surface area contributed by atoms with E-state index in [0.29, 0.717) is 23.7 Å². The first-order chi connectivity index (χ1) is 9.12. The number of rotatable bonds is 3. The summed E-state index contributed by atoms with van der Waals surface area (Å²) >= 11 is 5.81. The molecule has 1 N–H and O–H groups in total. The van der Waals surface area contributed by atoms with Gasteiger partial charge in [0.15, 0.2) is 0 Å². The van der Waals surface area contributed by atoms with Crippen molar-refractivity contribution in [2.45, 2.75) is 24.7 Å². The van der Waals surface area contributed by atoms with Crippen molar-refractivity contribution < 1.29 is 14.4 Å². The van der Waals surface area contributed by atoms with E-state index >= 15 is 0 Å². The highest BCUT2D eigenvalue weighted by Crippen LogP contribution is 2.43. The molecule has 0 amide bonds. The van der Waals surface area contributed by atoms with Crippen LogP contribution in [0.25, 0.3) is 11.4 Å². The number of nitrogens with zero attached hydrogens (tertiary/aromatic N) is 2. The predicted octanol–water partition coefficient (Wildman–Crippen LogP) is 2.90. The molecule has 19 heavy (non-hydrogen) atoms. The lowest BCUT2D eigenvalue weighted by Crippen LogP contribution is -2.42. The first kappa shape index (κ1) is 12.2. The quantitative estimate of drug-likeness (QED) is 0.934. The van der Waals surface area contributed by atoms with Crippen molar-refractivity contribution >= 4 is 17.6 Å². The van der Waals surface area contributed by atoms with Crippen LogP contribution < -0.4 is 0 Å². The van der Waals surface area contributed by atoms with Crippen LogP contribution in [-0.2, 0) is 10.2 Å². The molecule has 3 rings (SSSR count). The molecule has 0 bridgehead atoms. The first-order valence-corrected chi connectivity index (χ1v) is 6.33. The number of carboxylic acid groups (broad SMARTS) is 1. The minimum absolute atomic E-state index is 0.191. The van der Waals surface area contributed by atoms with E-state index in [2.05, 4.69) is 10.1 Å². The molecule has 98 valence electrons. The summed E-state index contributed by atoms with van der Waals surface area (Å²) in [5.41, 5.74) is -0.239. The van der Waals surface area contributed by atoms with Gasteiger partial charge in [-0.3, -0.25) is 4.79 Å². The lowest BCUT2D eigenvalue weighted by atomic mass is 9.68. The Hall–Kier alpha value is -1.88. The van der Waals surface area contributed by atoms with Gasteiger partial charge in [-0.25, -0.2) is 0 Å².